The number of aromatic nitrogens is 3. The second-order valence-corrected chi connectivity index (χ2v) is 6.87. The quantitative estimate of drug-likeness (QED) is 0.704. The van der Waals surface area contributed by atoms with Gasteiger partial charge in [-0.15, -0.1) is 0 Å². The number of hydrogen-bond acceptors (Lipinski definition) is 4. The molecule has 7 heteroatoms. The van der Waals surface area contributed by atoms with Crippen molar-refractivity contribution in [1.29, 1.82) is 0 Å². The van der Waals surface area contributed by atoms with E-state index in [2.05, 4.69) is 34.4 Å². The van der Waals surface area contributed by atoms with Crippen LogP contribution in [0, 0.1) is 11.7 Å². The van der Waals surface area contributed by atoms with Crippen molar-refractivity contribution in [2.75, 3.05) is 0 Å². The number of nitrogens with zero attached hydrogens (tertiary/aromatic N) is 4. The highest BCUT2D eigenvalue weighted by Gasteiger charge is 2.23. The first-order chi connectivity index (χ1) is 13.1. The second kappa shape index (κ2) is 7.28. The Labute approximate surface area is 162 Å². The predicted octanol–water partition coefficient (Wildman–Crippen LogP) is 3.77. The number of nitrogens with one attached hydrogen (secondary N) is 1. The number of hydrazone groups is 1. The number of H-pyrrole nitrogens is 1. The molecule has 2 heterocycles. The zero-order valence-electron chi connectivity index (χ0n) is 14.9. The van der Waals surface area contributed by atoms with Crippen molar-refractivity contribution >= 4 is 23.8 Å². The maximum atomic E-state index is 12.4. The van der Waals surface area contributed by atoms with Gasteiger partial charge in [0.1, 0.15) is 6.54 Å². The summed E-state index contributed by atoms with van der Waals surface area (Å²) in [6.45, 7) is 2.31. The summed E-state index contributed by atoms with van der Waals surface area (Å²) in [7, 11) is 0. The SMILES string of the molecule is Cc1ccc(C2=NN(Cc3n[nH]c(=S)n3-c3ccccc3)C(=O)CC2)cc1. The van der Waals surface area contributed by atoms with Gasteiger partial charge in [0, 0.05) is 18.5 Å². The number of aromatic amines is 1. The topological polar surface area (TPSA) is 66.3 Å². The summed E-state index contributed by atoms with van der Waals surface area (Å²) in [5.74, 6) is 0.632. The molecule has 3 aromatic rings. The van der Waals surface area contributed by atoms with Crippen LogP contribution in [0.1, 0.15) is 29.8 Å². The molecule has 6 nitrogen and oxygen atoms in total. The van der Waals surface area contributed by atoms with E-state index in [0.29, 0.717) is 23.4 Å². The normalized spacial score (nSPS) is 14.3. The van der Waals surface area contributed by atoms with Crippen LogP contribution in [0.25, 0.3) is 5.69 Å². The van der Waals surface area contributed by atoms with Crippen LogP contribution in [0.15, 0.2) is 59.7 Å². The Kier molecular flexibility index (Phi) is 4.68. The van der Waals surface area contributed by atoms with Crippen LogP contribution in [-0.2, 0) is 11.3 Å². The summed E-state index contributed by atoms with van der Waals surface area (Å²) in [6, 6.07) is 17.9. The molecule has 4 rings (SSSR count). The number of hydrogen-bond donors (Lipinski definition) is 1. The lowest BCUT2D eigenvalue weighted by Crippen LogP contribution is -2.32. The van der Waals surface area contributed by atoms with Crippen LogP contribution < -0.4 is 0 Å². The van der Waals surface area contributed by atoms with Crippen molar-refractivity contribution in [2.45, 2.75) is 26.3 Å². The molecule has 1 amide bonds. The van der Waals surface area contributed by atoms with Gasteiger partial charge in [-0.3, -0.25) is 14.5 Å². The molecule has 0 saturated heterocycles. The van der Waals surface area contributed by atoms with Gasteiger partial charge in [-0.1, -0.05) is 48.0 Å². The fourth-order valence-corrected chi connectivity index (χ4v) is 3.35. The minimum atomic E-state index is -0.0145. The molecular formula is C20H19N5OS. The van der Waals surface area contributed by atoms with Gasteiger partial charge < -0.3 is 0 Å². The van der Waals surface area contributed by atoms with E-state index in [1.807, 2.05) is 47.0 Å². The number of carbonyl (C=O) groups is 1. The van der Waals surface area contributed by atoms with E-state index in [4.69, 9.17) is 12.2 Å². The molecule has 27 heavy (non-hydrogen) atoms. The van der Waals surface area contributed by atoms with Crippen LogP contribution in [-0.4, -0.2) is 31.4 Å². The van der Waals surface area contributed by atoms with Crippen molar-refractivity contribution in [1.82, 2.24) is 19.8 Å². The lowest BCUT2D eigenvalue weighted by Gasteiger charge is -2.23. The van der Waals surface area contributed by atoms with Crippen LogP contribution in [0.4, 0.5) is 0 Å². The second-order valence-electron chi connectivity index (χ2n) is 6.48. The van der Waals surface area contributed by atoms with E-state index in [-0.39, 0.29) is 12.5 Å². The molecule has 0 atom stereocenters. The summed E-state index contributed by atoms with van der Waals surface area (Å²) in [6.07, 6.45) is 1.08. The highest BCUT2D eigenvalue weighted by molar-refractivity contribution is 7.71. The molecular weight excluding hydrogens is 358 g/mol. The maximum absolute atomic E-state index is 12.4. The lowest BCUT2D eigenvalue weighted by atomic mass is 10.0. The van der Waals surface area contributed by atoms with E-state index < -0.39 is 0 Å². The van der Waals surface area contributed by atoms with Gasteiger partial charge in [-0.25, -0.2) is 5.01 Å². The number of rotatable bonds is 4. The Morgan fingerprint density at radius 2 is 1.81 bits per heavy atom. The zero-order valence-corrected chi connectivity index (χ0v) is 15.7. The van der Waals surface area contributed by atoms with E-state index in [1.165, 1.54) is 10.6 Å². The number of para-hydroxylation sites is 1. The van der Waals surface area contributed by atoms with E-state index in [0.717, 1.165) is 17.0 Å². The standard InChI is InChI=1S/C20H19N5OS/c1-14-7-9-15(10-8-14)17-11-12-19(26)24(23-17)13-18-21-22-20(27)25(18)16-5-3-2-4-6-16/h2-10H,11-13H2,1H3,(H,22,27). The molecule has 1 aliphatic heterocycles. The predicted molar refractivity (Wildman–Crippen MR) is 106 cm³/mol. The summed E-state index contributed by atoms with van der Waals surface area (Å²) >= 11 is 5.37. The van der Waals surface area contributed by atoms with E-state index in [1.54, 1.807) is 0 Å². The molecule has 0 aliphatic carbocycles. The number of amides is 1. The smallest absolute Gasteiger partial charge is 0.243 e. The highest BCUT2D eigenvalue weighted by Crippen LogP contribution is 2.19. The summed E-state index contributed by atoms with van der Waals surface area (Å²) in [5.41, 5.74) is 4.05. The molecule has 1 aromatic heterocycles. The van der Waals surface area contributed by atoms with Crippen molar-refractivity contribution in [2.24, 2.45) is 5.10 Å². The maximum Gasteiger partial charge on any atom is 0.243 e. The molecule has 0 radical (unpaired) electrons. The van der Waals surface area contributed by atoms with Crippen LogP contribution >= 0.6 is 12.2 Å². The fraction of sp³-hybridized carbons (Fsp3) is 0.200. The van der Waals surface area contributed by atoms with Crippen LogP contribution in [0.5, 0.6) is 0 Å². The largest absolute Gasteiger partial charge is 0.273 e. The molecule has 0 saturated carbocycles. The molecule has 0 spiro atoms. The molecule has 1 N–H and O–H groups in total. The van der Waals surface area contributed by atoms with Gasteiger partial charge in [0.15, 0.2) is 10.6 Å². The Morgan fingerprint density at radius 3 is 2.56 bits per heavy atom. The molecule has 0 bridgehead atoms. The number of benzene rings is 2. The minimum Gasteiger partial charge on any atom is -0.273 e. The Balaban J connectivity index is 1.66. The first-order valence-corrected chi connectivity index (χ1v) is 9.19. The fourth-order valence-electron chi connectivity index (χ4n) is 3.09. The van der Waals surface area contributed by atoms with Crippen molar-refractivity contribution in [3.63, 3.8) is 0 Å². The van der Waals surface area contributed by atoms with Crippen LogP contribution in [0.3, 0.4) is 0 Å². The van der Waals surface area contributed by atoms with Gasteiger partial charge in [-0.05, 0) is 36.8 Å². The lowest BCUT2D eigenvalue weighted by molar-refractivity contribution is -0.132. The Morgan fingerprint density at radius 1 is 1.07 bits per heavy atom. The van der Waals surface area contributed by atoms with Crippen molar-refractivity contribution < 1.29 is 4.79 Å². The number of carbonyl (C=O) groups excluding carboxylic acids is 1. The third-order valence-electron chi connectivity index (χ3n) is 4.54. The Hall–Kier alpha value is -3.06. The molecule has 0 fully saturated rings. The third-order valence-corrected chi connectivity index (χ3v) is 4.81. The summed E-state index contributed by atoms with van der Waals surface area (Å²) in [4.78, 5) is 12.4. The van der Waals surface area contributed by atoms with Gasteiger partial charge in [-0.2, -0.15) is 10.2 Å². The molecule has 0 unspecified atom stereocenters. The molecule has 1 aliphatic rings. The van der Waals surface area contributed by atoms with Crippen LogP contribution in [0.2, 0.25) is 0 Å². The summed E-state index contributed by atoms with van der Waals surface area (Å²) < 4.78 is 2.32. The van der Waals surface area contributed by atoms with Gasteiger partial charge in [0.05, 0.1) is 5.71 Å². The first-order valence-electron chi connectivity index (χ1n) is 8.78. The monoisotopic (exact) mass is 377 g/mol. The van der Waals surface area contributed by atoms with E-state index in [9.17, 15) is 4.79 Å². The van der Waals surface area contributed by atoms with Gasteiger partial charge in [0.25, 0.3) is 0 Å². The van der Waals surface area contributed by atoms with Crippen molar-refractivity contribution in [3.8, 4) is 5.69 Å². The minimum absolute atomic E-state index is 0.0145. The molecule has 136 valence electrons. The van der Waals surface area contributed by atoms with E-state index >= 15 is 0 Å². The third kappa shape index (κ3) is 3.59. The Bertz CT molecular complexity index is 1050. The average molecular weight is 377 g/mol. The zero-order chi connectivity index (χ0) is 18.8. The van der Waals surface area contributed by atoms with Gasteiger partial charge in [0.2, 0.25) is 5.91 Å². The average Bonchev–Trinajstić information content (AvgIpc) is 3.05. The van der Waals surface area contributed by atoms with Crippen molar-refractivity contribution in [3.05, 3.63) is 76.3 Å². The van der Waals surface area contributed by atoms with Gasteiger partial charge >= 0.3 is 0 Å². The number of aryl methyl sites for hydroxylation is 1. The highest BCUT2D eigenvalue weighted by atomic mass is 32.1. The summed E-state index contributed by atoms with van der Waals surface area (Å²) in [5, 5.41) is 13.2. The first kappa shape index (κ1) is 17.4. The molecule has 2 aromatic carbocycles.